The van der Waals surface area contributed by atoms with E-state index in [0.717, 1.165) is 0 Å². The summed E-state index contributed by atoms with van der Waals surface area (Å²) in [6, 6.07) is 3.45. The molecule has 12 heavy (non-hydrogen) atoms. The zero-order valence-corrected chi connectivity index (χ0v) is 6.87. The number of hydrogen-bond acceptors (Lipinski definition) is 3. The Hall–Kier alpha value is -1.53. The minimum Gasteiger partial charge on any atom is -0.399 e. The van der Waals surface area contributed by atoms with Crippen LogP contribution < -0.4 is 5.73 Å². The molecule has 0 aliphatic heterocycles. The molecule has 1 aromatic heterocycles. The van der Waals surface area contributed by atoms with Gasteiger partial charge in [0.15, 0.2) is 0 Å². The lowest BCUT2D eigenvalue weighted by Gasteiger charge is -1.91. The lowest BCUT2D eigenvalue weighted by Crippen LogP contribution is -1.88. The molecule has 0 spiro atoms. The van der Waals surface area contributed by atoms with Gasteiger partial charge in [0.25, 0.3) is 0 Å². The van der Waals surface area contributed by atoms with Crippen LogP contribution in [0.5, 0.6) is 0 Å². The summed E-state index contributed by atoms with van der Waals surface area (Å²) in [6.45, 7) is 0.413. The average Bonchev–Trinajstić information content (AvgIpc) is 2.05. The fraction of sp³-hybridized carbons (Fsp3) is 0.222. The molecule has 3 nitrogen and oxygen atoms in total. The van der Waals surface area contributed by atoms with E-state index in [1.165, 1.54) is 0 Å². The molecule has 0 saturated carbocycles. The molecule has 0 amide bonds. The quantitative estimate of drug-likeness (QED) is 0.617. The van der Waals surface area contributed by atoms with Crippen LogP contribution in [-0.4, -0.2) is 18.7 Å². The number of anilines is 1. The molecule has 0 aliphatic carbocycles. The monoisotopic (exact) mass is 162 g/mol. The first-order valence-corrected chi connectivity index (χ1v) is 3.52. The number of rotatable bonds is 1. The van der Waals surface area contributed by atoms with E-state index in [1.54, 1.807) is 25.4 Å². The molecular weight excluding hydrogens is 152 g/mol. The van der Waals surface area contributed by atoms with Crippen molar-refractivity contribution in [3.8, 4) is 11.8 Å². The fourth-order valence-corrected chi connectivity index (χ4v) is 0.714. The van der Waals surface area contributed by atoms with E-state index >= 15 is 0 Å². The second kappa shape index (κ2) is 4.37. The van der Waals surface area contributed by atoms with Crippen molar-refractivity contribution in [1.82, 2.24) is 4.98 Å². The largest absolute Gasteiger partial charge is 0.399 e. The van der Waals surface area contributed by atoms with Crippen LogP contribution in [0.3, 0.4) is 0 Å². The molecule has 1 heterocycles. The molecule has 0 atom stereocenters. The van der Waals surface area contributed by atoms with Crippen LogP contribution in [0.15, 0.2) is 18.3 Å². The Balaban J connectivity index is 2.71. The molecule has 1 aromatic rings. The molecule has 0 aliphatic rings. The average molecular weight is 162 g/mol. The highest BCUT2D eigenvalue weighted by Gasteiger charge is 1.87. The smallest absolute Gasteiger partial charge is 0.115 e. The van der Waals surface area contributed by atoms with Crippen molar-refractivity contribution in [2.45, 2.75) is 0 Å². The zero-order chi connectivity index (χ0) is 8.81. The van der Waals surface area contributed by atoms with Gasteiger partial charge in [-0.2, -0.15) is 0 Å². The van der Waals surface area contributed by atoms with Crippen molar-refractivity contribution in [2.75, 3.05) is 19.5 Å². The van der Waals surface area contributed by atoms with E-state index in [4.69, 9.17) is 10.5 Å². The lowest BCUT2D eigenvalue weighted by atomic mass is 10.3. The van der Waals surface area contributed by atoms with E-state index in [2.05, 4.69) is 16.8 Å². The summed E-state index contributed by atoms with van der Waals surface area (Å²) >= 11 is 0. The van der Waals surface area contributed by atoms with Crippen molar-refractivity contribution >= 4 is 5.69 Å². The standard InChI is InChI=1S/C9H10N2O/c1-12-6-2-3-9-7-8(10)4-5-11-9/h4-5,7H,6H2,1H3,(H2,10,11). The Kier molecular flexibility index (Phi) is 3.12. The summed E-state index contributed by atoms with van der Waals surface area (Å²) < 4.78 is 4.76. The predicted molar refractivity (Wildman–Crippen MR) is 47.4 cm³/mol. The molecule has 3 heteroatoms. The summed E-state index contributed by atoms with van der Waals surface area (Å²) in [5.41, 5.74) is 6.87. The van der Waals surface area contributed by atoms with E-state index in [1.807, 2.05) is 0 Å². The zero-order valence-electron chi connectivity index (χ0n) is 6.87. The Bertz CT molecular complexity index is 312. The minimum atomic E-state index is 0.413. The highest BCUT2D eigenvalue weighted by Crippen LogP contribution is 2.00. The molecular formula is C9H10N2O. The molecule has 0 radical (unpaired) electrons. The Morgan fingerprint density at radius 1 is 1.67 bits per heavy atom. The van der Waals surface area contributed by atoms with Gasteiger partial charge < -0.3 is 10.5 Å². The van der Waals surface area contributed by atoms with Crippen LogP contribution in [0.1, 0.15) is 5.69 Å². The van der Waals surface area contributed by atoms with Gasteiger partial charge in [0.1, 0.15) is 12.3 Å². The molecule has 0 saturated heterocycles. The number of nitrogens with zero attached hydrogens (tertiary/aromatic N) is 1. The van der Waals surface area contributed by atoms with Crippen LogP contribution in [-0.2, 0) is 4.74 Å². The maximum absolute atomic E-state index is 5.52. The highest BCUT2D eigenvalue weighted by molar-refractivity contribution is 5.42. The first-order chi connectivity index (χ1) is 5.83. The molecule has 0 bridgehead atoms. The summed E-state index contributed by atoms with van der Waals surface area (Å²) in [7, 11) is 1.60. The number of methoxy groups -OCH3 is 1. The van der Waals surface area contributed by atoms with Crippen LogP contribution in [0, 0.1) is 11.8 Å². The van der Waals surface area contributed by atoms with Gasteiger partial charge in [0.2, 0.25) is 0 Å². The normalized spacial score (nSPS) is 8.75. The van der Waals surface area contributed by atoms with E-state index in [0.29, 0.717) is 18.0 Å². The van der Waals surface area contributed by atoms with Gasteiger partial charge in [-0.1, -0.05) is 5.92 Å². The Morgan fingerprint density at radius 3 is 3.17 bits per heavy atom. The van der Waals surface area contributed by atoms with Gasteiger partial charge in [0, 0.05) is 19.0 Å². The number of hydrogen-bond donors (Lipinski definition) is 1. The van der Waals surface area contributed by atoms with Gasteiger partial charge in [-0.15, -0.1) is 0 Å². The summed E-state index contributed by atoms with van der Waals surface area (Å²) in [4.78, 5) is 4.00. The van der Waals surface area contributed by atoms with Crippen molar-refractivity contribution in [3.05, 3.63) is 24.0 Å². The molecule has 0 unspecified atom stereocenters. The molecule has 2 N–H and O–H groups in total. The lowest BCUT2D eigenvalue weighted by molar-refractivity contribution is 0.240. The van der Waals surface area contributed by atoms with Crippen LogP contribution in [0.25, 0.3) is 0 Å². The number of aromatic nitrogens is 1. The SMILES string of the molecule is COCC#Cc1cc(N)ccn1. The third kappa shape index (κ3) is 2.60. The van der Waals surface area contributed by atoms with E-state index in [-0.39, 0.29) is 0 Å². The van der Waals surface area contributed by atoms with Gasteiger partial charge in [-0.05, 0) is 18.1 Å². The minimum absolute atomic E-state index is 0.413. The van der Waals surface area contributed by atoms with Gasteiger partial charge in [0.05, 0.1) is 0 Å². The number of nitrogens with two attached hydrogens (primary N) is 1. The van der Waals surface area contributed by atoms with E-state index < -0.39 is 0 Å². The summed E-state index contributed by atoms with van der Waals surface area (Å²) in [6.07, 6.45) is 1.63. The number of nitrogen functional groups attached to an aromatic ring is 1. The maximum Gasteiger partial charge on any atom is 0.115 e. The third-order valence-corrected chi connectivity index (χ3v) is 1.22. The van der Waals surface area contributed by atoms with Gasteiger partial charge >= 0.3 is 0 Å². The highest BCUT2D eigenvalue weighted by atomic mass is 16.5. The first kappa shape index (κ1) is 8.57. The van der Waals surface area contributed by atoms with Crippen molar-refractivity contribution in [3.63, 3.8) is 0 Å². The second-order valence-electron chi connectivity index (χ2n) is 2.21. The molecule has 0 fully saturated rings. The van der Waals surface area contributed by atoms with Crippen LogP contribution >= 0.6 is 0 Å². The Morgan fingerprint density at radius 2 is 2.50 bits per heavy atom. The maximum atomic E-state index is 5.52. The summed E-state index contributed by atoms with van der Waals surface area (Å²) in [5.74, 6) is 5.61. The third-order valence-electron chi connectivity index (χ3n) is 1.22. The van der Waals surface area contributed by atoms with Gasteiger partial charge in [-0.25, -0.2) is 4.98 Å². The van der Waals surface area contributed by atoms with E-state index in [9.17, 15) is 0 Å². The molecule has 0 aromatic carbocycles. The second-order valence-corrected chi connectivity index (χ2v) is 2.21. The van der Waals surface area contributed by atoms with Crippen LogP contribution in [0.4, 0.5) is 5.69 Å². The first-order valence-electron chi connectivity index (χ1n) is 3.52. The van der Waals surface area contributed by atoms with Gasteiger partial charge in [-0.3, -0.25) is 0 Å². The van der Waals surface area contributed by atoms with Crippen LogP contribution in [0.2, 0.25) is 0 Å². The van der Waals surface area contributed by atoms with Crippen molar-refractivity contribution in [1.29, 1.82) is 0 Å². The number of ether oxygens (including phenoxy) is 1. The fourth-order valence-electron chi connectivity index (χ4n) is 0.714. The molecule has 1 rings (SSSR count). The predicted octanol–water partition coefficient (Wildman–Crippen LogP) is 0.662. The number of pyridine rings is 1. The van der Waals surface area contributed by atoms with Crippen molar-refractivity contribution < 1.29 is 4.74 Å². The molecule has 62 valence electrons. The topological polar surface area (TPSA) is 48.1 Å². The van der Waals surface area contributed by atoms with Crippen molar-refractivity contribution in [2.24, 2.45) is 0 Å². The Labute approximate surface area is 71.6 Å². The summed E-state index contributed by atoms with van der Waals surface area (Å²) in [5, 5.41) is 0.